The molecule has 0 spiro atoms. The quantitative estimate of drug-likeness (QED) is 0.511. The van der Waals surface area contributed by atoms with Crippen molar-refractivity contribution < 1.29 is 20.1 Å². The lowest BCUT2D eigenvalue weighted by atomic mass is 10.1. The molecule has 1 saturated heterocycles. The molecular formula is C19H23N5O4. The summed E-state index contributed by atoms with van der Waals surface area (Å²) in [6.07, 6.45) is -1.25. The molecule has 0 bridgehead atoms. The molecule has 0 radical (unpaired) electrons. The number of hydrogen-bond acceptors (Lipinski definition) is 8. The first kappa shape index (κ1) is 18.8. The first-order valence-corrected chi connectivity index (χ1v) is 9.12. The number of aromatic nitrogens is 4. The van der Waals surface area contributed by atoms with Crippen LogP contribution in [0.2, 0.25) is 0 Å². The summed E-state index contributed by atoms with van der Waals surface area (Å²) in [7, 11) is 0. The molecule has 4 unspecified atom stereocenters. The molecule has 3 heterocycles. The molecular weight excluding hydrogens is 362 g/mol. The molecule has 28 heavy (non-hydrogen) atoms. The summed E-state index contributed by atoms with van der Waals surface area (Å²) in [6, 6.07) is 8.23. The van der Waals surface area contributed by atoms with Crippen LogP contribution in [0.1, 0.15) is 30.3 Å². The lowest BCUT2D eigenvalue weighted by molar-refractivity contribution is -0.0511. The lowest BCUT2D eigenvalue weighted by Gasteiger charge is -2.17. The fourth-order valence-corrected chi connectivity index (χ4v) is 3.40. The topological polar surface area (TPSA) is 126 Å². The maximum absolute atomic E-state index is 10.3. The molecule has 1 aromatic carbocycles. The summed E-state index contributed by atoms with van der Waals surface area (Å²) in [5, 5.41) is 32.9. The fourth-order valence-electron chi connectivity index (χ4n) is 3.40. The van der Waals surface area contributed by atoms with Gasteiger partial charge >= 0.3 is 0 Å². The van der Waals surface area contributed by atoms with Crippen LogP contribution < -0.4 is 5.32 Å². The van der Waals surface area contributed by atoms with Crippen LogP contribution in [0.3, 0.4) is 0 Å². The Morgan fingerprint density at radius 1 is 1.14 bits per heavy atom. The minimum absolute atomic E-state index is 0.00207. The number of rotatable bonds is 5. The highest BCUT2D eigenvalue weighted by Crippen LogP contribution is 2.32. The molecule has 148 valence electrons. The van der Waals surface area contributed by atoms with Crippen LogP contribution in [0, 0.1) is 6.92 Å². The zero-order valence-corrected chi connectivity index (χ0v) is 15.6. The van der Waals surface area contributed by atoms with Crippen molar-refractivity contribution in [2.75, 3.05) is 11.9 Å². The number of aliphatic hydroxyl groups excluding tert-OH is 3. The van der Waals surface area contributed by atoms with Crippen LogP contribution in [-0.4, -0.2) is 59.8 Å². The second-order valence-corrected chi connectivity index (χ2v) is 7.05. The Bertz CT molecular complexity index is 961. The number of ether oxygens (including phenoxy) is 1. The van der Waals surface area contributed by atoms with Gasteiger partial charge in [-0.25, -0.2) is 15.0 Å². The summed E-state index contributed by atoms with van der Waals surface area (Å²) in [4.78, 5) is 12.9. The number of aryl methyl sites for hydroxylation is 1. The predicted octanol–water partition coefficient (Wildman–Crippen LogP) is 0.919. The van der Waals surface area contributed by atoms with Gasteiger partial charge in [0.25, 0.3) is 0 Å². The zero-order chi connectivity index (χ0) is 19.8. The Kier molecular flexibility index (Phi) is 4.98. The van der Waals surface area contributed by atoms with E-state index in [-0.39, 0.29) is 6.04 Å². The van der Waals surface area contributed by atoms with Crippen LogP contribution in [0.25, 0.3) is 11.2 Å². The first-order valence-electron chi connectivity index (χ1n) is 9.12. The standard InChI is InChI=1S/C19H23N5O4/c1-10-3-5-12(6-4-10)11(2)23-17-14-18(21-8-20-17)24(9-22-14)19-16(27)15(26)13(7-25)28-19/h3-6,8-9,11,13,15-16,19,25-27H,7H2,1-2H3,(H,20,21,23)/t11-,13?,15?,16?,19?/m1/s1. The minimum Gasteiger partial charge on any atom is -0.394 e. The van der Waals surface area contributed by atoms with Gasteiger partial charge in [0.15, 0.2) is 23.2 Å². The summed E-state index contributed by atoms with van der Waals surface area (Å²) in [6.45, 7) is 3.68. The van der Waals surface area contributed by atoms with Gasteiger partial charge in [0.1, 0.15) is 24.6 Å². The first-order chi connectivity index (χ1) is 13.5. The predicted molar refractivity (Wildman–Crippen MR) is 102 cm³/mol. The smallest absolute Gasteiger partial charge is 0.167 e. The van der Waals surface area contributed by atoms with Crippen molar-refractivity contribution in [3.05, 3.63) is 48.0 Å². The number of aliphatic hydroxyl groups is 3. The van der Waals surface area contributed by atoms with Crippen LogP contribution in [0.15, 0.2) is 36.9 Å². The van der Waals surface area contributed by atoms with E-state index in [1.165, 1.54) is 18.2 Å². The molecule has 0 aliphatic carbocycles. The molecule has 4 rings (SSSR count). The van der Waals surface area contributed by atoms with Crippen molar-refractivity contribution in [1.82, 2.24) is 19.5 Å². The van der Waals surface area contributed by atoms with E-state index in [2.05, 4.69) is 44.5 Å². The number of nitrogens with zero attached hydrogens (tertiary/aromatic N) is 4. The summed E-state index contributed by atoms with van der Waals surface area (Å²) < 4.78 is 7.13. The Hall–Kier alpha value is -2.59. The average molecular weight is 385 g/mol. The van der Waals surface area contributed by atoms with Crippen molar-refractivity contribution in [3.63, 3.8) is 0 Å². The highest BCUT2D eigenvalue weighted by atomic mass is 16.6. The number of imidazole rings is 1. The van der Waals surface area contributed by atoms with Gasteiger partial charge in [-0.05, 0) is 19.4 Å². The normalized spacial score (nSPS) is 25.9. The van der Waals surface area contributed by atoms with E-state index in [1.807, 2.05) is 13.8 Å². The van der Waals surface area contributed by atoms with E-state index in [0.29, 0.717) is 17.0 Å². The number of nitrogens with one attached hydrogen (secondary N) is 1. The van der Waals surface area contributed by atoms with Crippen LogP contribution in [-0.2, 0) is 4.74 Å². The van der Waals surface area contributed by atoms with Crippen LogP contribution in [0.5, 0.6) is 0 Å². The second kappa shape index (κ2) is 7.44. The molecule has 3 aromatic rings. The maximum Gasteiger partial charge on any atom is 0.167 e. The Labute approximate surface area is 161 Å². The number of anilines is 1. The molecule has 4 N–H and O–H groups in total. The Morgan fingerprint density at radius 2 is 1.89 bits per heavy atom. The van der Waals surface area contributed by atoms with Gasteiger partial charge in [0.2, 0.25) is 0 Å². The van der Waals surface area contributed by atoms with Crippen molar-refractivity contribution >= 4 is 17.0 Å². The molecule has 1 fully saturated rings. The lowest BCUT2D eigenvalue weighted by Crippen LogP contribution is -2.33. The summed E-state index contributed by atoms with van der Waals surface area (Å²) >= 11 is 0. The van der Waals surface area contributed by atoms with Gasteiger partial charge in [-0.2, -0.15) is 0 Å². The maximum atomic E-state index is 10.3. The third-order valence-corrected chi connectivity index (χ3v) is 5.08. The molecule has 0 saturated carbocycles. The van der Waals surface area contributed by atoms with E-state index in [9.17, 15) is 15.3 Å². The van der Waals surface area contributed by atoms with Crippen LogP contribution in [0.4, 0.5) is 5.82 Å². The summed E-state index contributed by atoms with van der Waals surface area (Å²) in [5.74, 6) is 0.559. The molecule has 1 aliphatic heterocycles. The van der Waals surface area contributed by atoms with E-state index in [1.54, 1.807) is 4.57 Å². The number of benzene rings is 1. The van der Waals surface area contributed by atoms with Crippen molar-refractivity contribution in [2.24, 2.45) is 0 Å². The second-order valence-electron chi connectivity index (χ2n) is 7.05. The van der Waals surface area contributed by atoms with Crippen molar-refractivity contribution in [3.8, 4) is 0 Å². The van der Waals surface area contributed by atoms with E-state index in [0.717, 1.165) is 5.56 Å². The third-order valence-electron chi connectivity index (χ3n) is 5.08. The molecule has 9 nitrogen and oxygen atoms in total. The Morgan fingerprint density at radius 3 is 2.57 bits per heavy atom. The monoisotopic (exact) mass is 385 g/mol. The molecule has 9 heteroatoms. The highest BCUT2D eigenvalue weighted by molar-refractivity contribution is 5.82. The SMILES string of the molecule is Cc1ccc([C@@H](C)Nc2ncnc3c2ncn3C2OC(CO)C(O)C2O)cc1. The fraction of sp³-hybridized carbons (Fsp3) is 0.421. The van der Waals surface area contributed by atoms with Crippen molar-refractivity contribution in [1.29, 1.82) is 0 Å². The van der Waals surface area contributed by atoms with E-state index in [4.69, 9.17) is 4.74 Å². The number of hydrogen-bond donors (Lipinski definition) is 4. The minimum atomic E-state index is -1.20. The average Bonchev–Trinajstić information content (AvgIpc) is 3.24. The number of fused-ring (bicyclic) bond motifs is 1. The molecule has 1 aliphatic rings. The highest BCUT2D eigenvalue weighted by Gasteiger charge is 2.44. The largest absolute Gasteiger partial charge is 0.394 e. The van der Waals surface area contributed by atoms with Gasteiger partial charge in [-0.15, -0.1) is 0 Å². The third kappa shape index (κ3) is 3.22. The van der Waals surface area contributed by atoms with Gasteiger partial charge in [-0.3, -0.25) is 4.57 Å². The molecule has 5 atom stereocenters. The van der Waals surface area contributed by atoms with E-state index >= 15 is 0 Å². The van der Waals surface area contributed by atoms with Crippen molar-refractivity contribution in [2.45, 2.75) is 44.4 Å². The van der Waals surface area contributed by atoms with E-state index < -0.39 is 31.1 Å². The van der Waals surface area contributed by atoms with Gasteiger partial charge < -0.3 is 25.4 Å². The van der Waals surface area contributed by atoms with Gasteiger partial charge in [0, 0.05) is 0 Å². The molecule has 0 amide bonds. The Balaban J connectivity index is 1.63. The molecule has 2 aromatic heterocycles. The van der Waals surface area contributed by atoms with Gasteiger partial charge in [-0.1, -0.05) is 29.8 Å². The zero-order valence-electron chi connectivity index (χ0n) is 15.6. The summed E-state index contributed by atoms with van der Waals surface area (Å²) in [5.41, 5.74) is 3.29. The van der Waals surface area contributed by atoms with Gasteiger partial charge in [0.05, 0.1) is 19.0 Å². The van der Waals surface area contributed by atoms with Crippen LogP contribution >= 0.6 is 0 Å².